The molecule has 0 atom stereocenters. The summed E-state index contributed by atoms with van der Waals surface area (Å²) in [5.41, 5.74) is 1.60. The lowest BCUT2D eigenvalue weighted by Gasteiger charge is -2.34. The maximum absolute atomic E-state index is 12.1. The van der Waals surface area contributed by atoms with Crippen molar-refractivity contribution in [3.05, 3.63) is 35.8 Å². The maximum atomic E-state index is 12.1. The summed E-state index contributed by atoms with van der Waals surface area (Å²) >= 11 is 1.32. The first-order chi connectivity index (χ1) is 11.3. The van der Waals surface area contributed by atoms with Crippen molar-refractivity contribution >= 4 is 22.5 Å². The minimum atomic E-state index is -0.109. The molecule has 1 N–H and O–H groups in total. The fraction of sp³-hybridized carbons (Fsp3) is 0.400. The highest BCUT2D eigenvalue weighted by Gasteiger charge is 2.21. The first kappa shape index (κ1) is 15.7. The second-order valence-electron chi connectivity index (χ2n) is 5.16. The number of ether oxygens (including phenoxy) is 1. The highest BCUT2D eigenvalue weighted by atomic mass is 32.1. The smallest absolute Gasteiger partial charge is 0.323 e. The SMILES string of the molecule is O=C(Nc1nncs1)N1CCN(CCOc2ccccc2)CC1. The number of carbonyl (C=O) groups is 1. The Kier molecular flexibility index (Phi) is 5.38. The van der Waals surface area contributed by atoms with Gasteiger partial charge in [0.1, 0.15) is 17.9 Å². The van der Waals surface area contributed by atoms with Gasteiger partial charge in [-0.2, -0.15) is 0 Å². The standard InChI is InChI=1S/C15H19N5O2S/c21-15(17-14-18-16-12-23-14)20-8-6-19(7-9-20)10-11-22-13-4-2-1-3-5-13/h1-5,12H,6-11H2,(H,17,18,21). The summed E-state index contributed by atoms with van der Waals surface area (Å²) in [5, 5.41) is 10.8. The van der Waals surface area contributed by atoms with Gasteiger partial charge in [0.15, 0.2) is 0 Å². The lowest BCUT2D eigenvalue weighted by molar-refractivity contribution is 0.132. The minimum absolute atomic E-state index is 0.109. The van der Waals surface area contributed by atoms with Gasteiger partial charge in [-0.15, -0.1) is 10.2 Å². The number of hydrogen-bond donors (Lipinski definition) is 1. The average Bonchev–Trinajstić information content (AvgIpc) is 3.09. The predicted octanol–water partition coefficient (Wildman–Crippen LogP) is 1.77. The van der Waals surface area contributed by atoms with Crippen LogP contribution < -0.4 is 10.1 Å². The summed E-state index contributed by atoms with van der Waals surface area (Å²) in [5.74, 6) is 0.891. The molecule has 3 rings (SSSR count). The van der Waals surface area contributed by atoms with E-state index < -0.39 is 0 Å². The normalized spacial score (nSPS) is 15.4. The Balaban J connectivity index is 1.36. The van der Waals surface area contributed by atoms with E-state index in [4.69, 9.17) is 4.74 Å². The van der Waals surface area contributed by atoms with Gasteiger partial charge < -0.3 is 9.64 Å². The van der Waals surface area contributed by atoms with E-state index in [0.717, 1.165) is 25.4 Å². The van der Waals surface area contributed by atoms with Gasteiger partial charge in [-0.05, 0) is 12.1 Å². The lowest BCUT2D eigenvalue weighted by Crippen LogP contribution is -2.50. The highest BCUT2D eigenvalue weighted by molar-refractivity contribution is 7.13. The van der Waals surface area contributed by atoms with Crippen LogP contribution in [0.1, 0.15) is 0 Å². The summed E-state index contributed by atoms with van der Waals surface area (Å²) in [7, 11) is 0. The molecular formula is C15H19N5O2S. The minimum Gasteiger partial charge on any atom is -0.492 e. The van der Waals surface area contributed by atoms with E-state index >= 15 is 0 Å². The van der Waals surface area contributed by atoms with Gasteiger partial charge in [0.05, 0.1) is 0 Å². The number of para-hydroxylation sites is 1. The Labute approximate surface area is 138 Å². The van der Waals surface area contributed by atoms with E-state index in [-0.39, 0.29) is 6.03 Å². The molecule has 0 saturated carbocycles. The quantitative estimate of drug-likeness (QED) is 0.903. The van der Waals surface area contributed by atoms with E-state index in [1.807, 2.05) is 30.3 Å². The number of rotatable bonds is 5. The first-order valence-corrected chi connectivity index (χ1v) is 8.41. The van der Waals surface area contributed by atoms with Gasteiger partial charge in [0, 0.05) is 32.7 Å². The summed E-state index contributed by atoms with van der Waals surface area (Å²) in [6.07, 6.45) is 0. The zero-order chi connectivity index (χ0) is 15.9. The molecule has 8 heteroatoms. The molecule has 2 aromatic rings. The van der Waals surface area contributed by atoms with Crippen molar-refractivity contribution in [3.63, 3.8) is 0 Å². The van der Waals surface area contributed by atoms with Crippen molar-refractivity contribution in [1.29, 1.82) is 0 Å². The molecule has 2 heterocycles. The number of benzene rings is 1. The van der Waals surface area contributed by atoms with Gasteiger partial charge in [0.2, 0.25) is 5.13 Å². The van der Waals surface area contributed by atoms with Crippen LogP contribution >= 0.6 is 11.3 Å². The van der Waals surface area contributed by atoms with Crippen molar-refractivity contribution in [2.75, 3.05) is 44.6 Å². The Bertz CT molecular complexity index is 600. The van der Waals surface area contributed by atoms with Crippen LogP contribution in [0.3, 0.4) is 0 Å². The van der Waals surface area contributed by atoms with Crippen LogP contribution in [-0.2, 0) is 0 Å². The van der Waals surface area contributed by atoms with E-state index in [0.29, 0.717) is 24.8 Å². The number of piperazine rings is 1. The van der Waals surface area contributed by atoms with Gasteiger partial charge in [-0.25, -0.2) is 4.79 Å². The topological polar surface area (TPSA) is 70.6 Å². The number of hydrogen-bond acceptors (Lipinski definition) is 6. The molecule has 1 saturated heterocycles. The molecule has 1 aromatic heterocycles. The van der Waals surface area contributed by atoms with Crippen LogP contribution in [0.15, 0.2) is 35.8 Å². The van der Waals surface area contributed by atoms with Crippen molar-refractivity contribution in [3.8, 4) is 5.75 Å². The number of carbonyl (C=O) groups excluding carboxylic acids is 1. The molecule has 0 spiro atoms. The third-order valence-corrected chi connectivity index (χ3v) is 4.26. The number of anilines is 1. The Morgan fingerprint density at radius 1 is 1.22 bits per heavy atom. The van der Waals surface area contributed by atoms with E-state index in [2.05, 4.69) is 20.4 Å². The van der Waals surface area contributed by atoms with Crippen LogP contribution in [0.25, 0.3) is 0 Å². The average molecular weight is 333 g/mol. The number of nitrogens with one attached hydrogen (secondary N) is 1. The molecule has 122 valence electrons. The lowest BCUT2D eigenvalue weighted by atomic mass is 10.3. The summed E-state index contributed by atoms with van der Waals surface area (Å²) in [6, 6.07) is 9.70. The third kappa shape index (κ3) is 4.64. The van der Waals surface area contributed by atoms with Crippen LogP contribution in [0.5, 0.6) is 5.75 Å². The van der Waals surface area contributed by atoms with Crippen molar-refractivity contribution in [1.82, 2.24) is 20.0 Å². The number of aromatic nitrogens is 2. The molecule has 23 heavy (non-hydrogen) atoms. The van der Waals surface area contributed by atoms with Crippen LogP contribution in [0.2, 0.25) is 0 Å². The Morgan fingerprint density at radius 2 is 2.00 bits per heavy atom. The fourth-order valence-electron chi connectivity index (χ4n) is 2.38. The van der Waals surface area contributed by atoms with E-state index in [1.54, 1.807) is 10.4 Å². The van der Waals surface area contributed by atoms with Crippen LogP contribution in [0, 0.1) is 0 Å². The largest absolute Gasteiger partial charge is 0.492 e. The molecule has 2 amide bonds. The third-order valence-electron chi connectivity index (χ3n) is 3.65. The van der Waals surface area contributed by atoms with Gasteiger partial charge in [0.25, 0.3) is 0 Å². The summed E-state index contributed by atoms with van der Waals surface area (Å²) in [6.45, 7) is 4.62. The van der Waals surface area contributed by atoms with E-state index in [1.165, 1.54) is 11.3 Å². The summed E-state index contributed by atoms with van der Waals surface area (Å²) < 4.78 is 5.70. The van der Waals surface area contributed by atoms with Crippen molar-refractivity contribution < 1.29 is 9.53 Å². The molecule has 0 radical (unpaired) electrons. The first-order valence-electron chi connectivity index (χ1n) is 7.53. The van der Waals surface area contributed by atoms with Gasteiger partial charge >= 0.3 is 6.03 Å². The summed E-state index contributed by atoms with van der Waals surface area (Å²) in [4.78, 5) is 16.2. The molecule has 1 aliphatic rings. The molecular weight excluding hydrogens is 314 g/mol. The van der Waals surface area contributed by atoms with Crippen LogP contribution in [-0.4, -0.2) is 65.4 Å². The Hall–Kier alpha value is -2.19. The van der Waals surface area contributed by atoms with E-state index in [9.17, 15) is 4.79 Å². The maximum Gasteiger partial charge on any atom is 0.323 e. The number of urea groups is 1. The molecule has 7 nitrogen and oxygen atoms in total. The number of nitrogens with zero attached hydrogens (tertiary/aromatic N) is 4. The molecule has 1 fully saturated rings. The van der Waals surface area contributed by atoms with Crippen LogP contribution in [0.4, 0.5) is 9.93 Å². The van der Waals surface area contributed by atoms with Gasteiger partial charge in [-0.3, -0.25) is 10.2 Å². The zero-order valence-corrected chi connectivity index (χ0v) is 13.5. The van der Waals surface area contributed by atoms with Crippen molar-refractivity contribution in [2.24, 2.45) is 0 Å². The molecule has 0 unspecified atom stereocenters. The highest BCUT2D eigenvalue weighted by Crippen LogP contribution is 2.11. The second-order valence-corrected chi connectivity index (χ2v) is 6.00. The molecule has 0 aliphatic carbocycles. The van der Waals surface area contributed by atoms with Crippen molar-refractivity contribution in [2.45, 2.75) is 0 Å². The van der Waals surface area contributed by atoms with Gasteiger partial charge in [-0.1, -0.05) is 29.5 Å². The molecule has 0 bridgehead atoms. The fourth-order valence-corrected chi connectivity index (χ4v) is 2.82. The zero-order valence-electron chi connectivity index (χ0n) is 12.7. The predicted molar refractivity (Wildman–Crippen MR) is 88.9 cm³/mol. The molecule has 1 aliphatic heterocycles. The second kappa shape index (κ2) is 7.89. The number of amides is 2. The monoisotopic (exact) mass is 333 g/mol. The Morgan fingerprint density at radius 3 is 2.70 bits per heavy atom. The molecule has 1 aromatic carbocycles.